The first-order valence-electron chi connectivity index (χ1n) is 26.8. The molecule has 68 heavy (non-hydrogen) atoms. The number of carbonyl (C=O) groups excluding carboxylic acids is 2. The van der Waals surface area contributed by atoms with Gasteiger partial charge in [-0.05, 0) is 51.4 Å². The van der Waals surface area contributed by atoms with Crippen LogP contribution in [0.4, 0.5) is 0 Å². The molecule has 1 aliphatic heterocycles. The first-order chi connectivity index (χ1) is 33.0. The second-order valence-electron chi connectivity index (χ2n) is 18.5. The third-order valence-corrected chi connectivity index (χ3v) is 12.9. The summed E-state index contributed by atoms with van der Waals surface area (Å²) in [6.07, 6.45) is 47.0. The van der Waals surface area contributed by atoms with Crippen LogP contribution in [0.3, 0.4) is 0 Å². The minimum absolute atomic E-state index is 0.0406. The number of carbonyl (C=O) groups is 2. The second kappa shape index (κ2) is 44.3. The Morgan fingerprint density at radius 2 is 0.912 bits per heavy atom. The van der Waals surface area contributed by atoms with Crippen molar-refractivity contribution in [1.82, 2.24) is 0 Å². The van der Waals surface area contributed by atoms with Gasteiger partial charge in [0.25, 0.3) is 10.1 Å². The number of aliphatic hydroxyl groups is 3. The SMILES string of the molecule is CCCCC/C=C/C/C=C/C/C=C/C/C=C/C/C=C/CCC(=O)O[C@H](COC(=O)CCCCCCCCCCCCCCCCCCCCCCC)CO[C@H]1O[C@H](CS(=O)(=O)O)[C@@H](O)C(O)C1O. The van der Waals surface area contributed by atoms with Crippen LogP contribution in [0.2, 0.25) is 0 Å². The van der Waals surface area contributed by atoms with Gasteiger partial charge in [-0.1, -0.05) is 216 Å². The zero-order valence-corrected chi connectivity index (χ0v) is 43.3. The number of unbranched alkanes of at least 4 members (excludes halogenated alkanes) is 23. The summed E-state index contributed by atoms with van der Waals surface area (Å²) in [5, 5.41) is 31.0. The van der Waals surface area contributed by atoms with Crippen molar-refractivity contribution in [2.45, 2.75) is 256 Å². The molecule has 2 unspecified atom stereocenters. The Labute approximate surface area is 413 Å². The molecule has 0 aromatic heterocycles. The summed E-state index contributed by atoms with van der Waals surface area (Å²) >= 11 is 0. The Morgan fingerprint density at radius 3 is 1.37 bits per heavy atom. The zero-order valence-electron chi connectivity index (χ0n) is 42.4. The van der Waals surface area contributed by atoms with Crippen molar-refractivity contribution in [3.63, 3.8) is 0 Å². The fourth-order valence-corrected chi connectivity index (χ4v) is 8.65. The van der Waals surface area contributed by atoms with E-state index < -0.39 is 71.2 Å². The van der Waals surface area contributed by atoms with Gasteiger partial charge >= 0.3 is 11.9 Å². The Bertz CT molecular complexity index is 1470. The minimum Gasteiger partial charge on any atom is -0.462 e. The maximum Gasteiger partial charge on any atom is 0.306 e. The Hall–Kier alpha value is -2.65. The van der Waals surface area contributed by atoms with E-state index in [0.717, 1.165) is 44.9 Å². The number of allylic oxidation sites excluding steroid dienone is 10. The zero-order chi connectivity index (χ0) is 49.8. The normalized spacial score (nSPS) is 19.6. The van der Waals surface area contributed by atoms with Crippen LogP contribution in [0, 0.1) is 0 Å². The van der Waals surface area contributed by atoms with Crippen molar-refractivity contribution in [2.24, 2.45) is 0 Å². The molecule has 13 heteroatoms. The Kier molecular flexibility index (Phi) is 41.3. The van der Waals surface area contributed by atoms with Gasteiger partial charge in [0.15, 0.2) is 12.4 Å². The molecule has 0 saturated carbocycles. The molecule has 1 rings (SSSR count). The lowest BCUT2D eigenvalue weighted by Crippen LogP contribution is -2.60. The summed E-state index contributed by atoms with van der Waals surface area (Å²) < 4.78 is 54.2. The first-order valence-corrected chi connectivity index (χ1v) is 28.5. The average Bonchev–Trinajstić information content (AvgIpc) is 3.31. The fraction of sp³-hybridized carbons (Fsp3) is 0.782. The molecule has 0 aromatic rings. The summed E-state index contributed by atoms with van der Waals surface area (Å²) in [6.45, 7) is 3.70. The number of esters is 2. The lowest BCUT2D eigenvalue weighted by Gasteiger charge is -2.40. The molecule has 0 spiro atoms. The molecule has 1 aliphatic rings. The van der Waals surface area contributed by atoms with Crippen LogP contribution >= 0.6 is 0 Å². The van der Waals surface area contributed by atoms with Crippen molar-refractivity contribution in [3.8, 4) is 0 Å². The topological polar surface area (TPSA) is 186 Å². The van der Waals surface area contributed by atoms with Crippen LogP contribution in [0.25, 0.3) is 0 Å². The molecular weight excluding hydrogens is 885 g/mol. The molecule has 6 atom stereocenters. The molecule has 0 aromatic carbocycles. The number of hydrogen-bond acceptors (Lipinski definition) is 11. The van der Waals surface area contributed by atoms with Gasteiger partial charge in [0.2, 0.25) is 0 Å². The van der Waals surface area contributed by atoms with E-state index in [9.17, 15) is 37.9 Å². The summed E-state index contributed by atoms with van der Waals surface area (Å²) in [7, 11) is -4.62. The van der Waals surface area contributed by atoms with Crippen LogP contribution in [-0.2, 0) is 38.7 Å². The lowest BCUT2D eigenvalue weighted by atomic mass is 10.00. The molecule has 0 bridgehead atoms. The molecule has 1 heterocycles. The molecule has 0 radical (unpaired) electrons. The first kappa shape index (κ1) is 63.4. The van der Waals surface area contributed by atoms with E-state index in [2.05, 4.69) is 62.5 Å². The van der Waals surface area contributed by atoms with Crippen molar-refractivity contribution in [2.75, 3.05) is 19.0 Å². The van der Waals surface area contributed by atoms with Gasteiger partial charge in [0.05, 0.1) is 6.61 Å². The maximum atomic E-state index is 12.8. The molecule has 1 saturated heterocycles. The van der Waals surface area contributed by atoms with E-state index in [1.165, 1.54) is 128 Å². The second-order valence-corrected chi connectivity index (χ2v) is 20.0. The van der Waals surface area contributed by atoms with E-state index in [1.807, 2.05) is 12.2 Å². The maximum absolute atomic E-state index is 12.8. The van der Waals surface area contributed by atoms with Gasteiger partial charge in [-0.15, -0.1) is 0 Å². The standard InChI is InChI=1S/C55H96O12S/c1-3-5-7-9-11-13-15-17-19-21-23-24-26-27-29-31-33-35-37-39-41-43-50(56)64-45-48(46-65-55-54(60)53(59)52(58)49(67-55)47-68(61,62)63)66-51(57)44-42-40-38-36-34-32-30-28-25-22-20-18-16-14-12-10-8-6-4-2/h12,14,18,20,25,28,32,34,38,40,48-49,52-55,58-60H,3-11,13,15-17,19,21-24,26-27,29-31,33,35-37,39,41-47H2,1-2H3,(H,61,62,63)/b14-12+,20-18+,28-25+,34-32+,40-38+/t48-,49-,52-,53?,54?,55+/m1/s1. The van der Waals surface area contributed by atoms with E-state index in [0.29, 0.717) is 19.3 Å². The largest absolute Gasteiger partial charge is 0.462 e. The number of hydrogen-bond donors (Lipinski definition) is 4. The highest BCUT2D eigenvalue weighted by Crippen LogP contribution is 2.24. The predicted octanol–water partition coefficient (Wildman–Crippen LogP) is 12.5. The summed E-state index contributed by atoms with van der Waals surface area (Å²) in [5.41, 5.74) is 0. The summed E-state index contributed by atoms with van der Waals surface area (Å²) in [5.74, 6) is -2.08. The highest BCUT2D eigenvalue weighted by molar-refractivity contribution is 7.85. The van der Waals surface area contributed by atoms with Crippen LogP contribution in [0.5, 0.6) is 0 Å². The smallest absolute Gasteiger partial charge is 0.306 e. The lowest BCUT2D eigenvalue weighted by molar-refractivity contribution is -0.297. The number of ether oxygens (including phenoxy) is 4. The van der Waals surface area contributed by atoms with Gasteiger partial charge in [0, 0.05) is 12.8 Å². The van der Waals surface area contributed by atoms with E-state index in [-0.39, 0.29) is 19.4 Å². The van der Waals surface area contributed by atoms with Crippen molar-refractivity contribution < 1.29 is 56.8 Å². The van der Waals surface area contributed by atoms with E-state index >= 15 is 0 Å². The van der Waals surface area contributed by atoms with Crippen LogP contribution in [0.1, 0.15) is 219 Å². The Balaban J connectivity index is 2.40. The molecule has 12 nitrogen and oxygen atoms in total. The molecular formula is C55H96O12S. The van der Waals surface area contributed by atoms with E-state index in [1.54, 1.807) is 0 Å². The highest BCUT2D eigenvalue weighted by atomic mass is 32.2. The molecule has 4 N–H and O–H groups in total. The molecule has 1 fully saturated rings. The number of aliphatic hydroxyl groups excluding tert-OH is 3. The quantitative estimate of drug-likeness (QED) is 0.0196. The van der Waals surface area contributed by atoms with Crippen LogP contribution in [0.15, 0.2) is 60.8 Å². The average molecular weight is 981 g/mol. The van der Waals surface area contributed by atoms with Crippen molar-refractivity contribution >= 4 is 22.1 Å². The van der Waals surface area contributed by atoms with Crippen molar-refractivity contribution in [1.29, 1.82) is 0 Å². The predicted molar refractivity (Wildman–Crippen MR) is 275 cm³/mol. The number of rotatable bonds is 45. The van der Waals surface area contributed by atoms with E-state index in [4.69, 9.17) is 18.9 Å². The molecule has 0 amide bonds. The third kappa shape index (κ3) is 38.1. The fourth-order valence-electron chi connectivity index (χ4n) is 7.96. The summed E-state index contributed by atoms with van der Waals surface area (Å²) in [4.78, 5) is 25.5. The van der Waals surface area contributed by atoms with Crippen LogP contribution in [-0.4, -0.2) is 96.0 Å². The minimum atomic E-state index is -4.62. The van der Waals surface area contributed by atoms with Crippen molar-refractivity contribution in [3.05, 3.63) is 60.8 Å². The Morgan fingerprint density at radius 1 is 0.500 bits per heavy atom. The van der Waals surface area contributed by atoms with Gasteiger partial charge in [-0.2, -0.15) is 8.42 Å². The van der Waals surface area contributed by atoms with Gasteiger partial charge in [-0.25, -0.2) is 0 Å². The molecule has 394 valence electrons. The third-order valence-electron chi connectivity index (χ3n) is 12.1. The van der Waals surface area contributed by atoms with Gasteiger partial charge in [-0.3, -0.25) is 14.1 Å². The monoisotopic (exact) mass is 981 g/mol. The highest BCUT2D eigenvalue weighted by Gasteiger charge is 2.46. The molecule has 0 aliphatic carbocycles. The van der Waals surface area contributed by atoms with Gasteiger partial charge in [0.1, 0.15) is 36.8 Å². The van der Waals surface area contributed by atoms with Crippen LogP contribution < -0.4 is 0 Å². The van der Waals surface area contributed by atoms with Gasteiger partial charge < -0.3 is 34.3 Å². The summed E-state index contributed by atoms with van der Waals surface area (Å²) in [6, 6.07) is 0.